The van der Waals surface area contributed by atoms with Crippen LogP contribution in [-0.4, -0.2) is 29.0 Å². The highest BCUT2D eigenvalue weighted by Crippen LogP contribution is 2.34. The van der Waals surface area contributed by atoms with E-state index in [0.717, 1.165) is 62.0 Å². The second kappa shape index (κ2) is 7.00. The quantitative estimate of drug-likeness (QED) is 0.690. The predicted molar refractivity (Wildman–Crippen MR) is 106 cm³/mol. The molecule has 1 aromatic carbocycles. The van der Waals surface area contributed by atoms with Crippen LogP contribution in [0.15, 0.2) is 41.0 Å². The molecule has 6 heteroatoms. The van der Waals surface area contributed by atoms with Crippen molar-refractivity contribution in [2.24, 2.45) is 0 Å². The molecule has 5 rings (SSSR count). The summed E-state index contributed by atoms with van der Waals surface area (Å²) in [6.45, 7) is 1.58. The molecule has 1 fully saturated rings. The number of hydrogen-bond donors (Lipinski definition) is 1. The summed E-state index contributed by atoms with van der Waals surface area (Å²) in [5.41, 5.74) is 2.24. The van der Waals surface area contributed by atoms with Crippen LogP contribution in [0.4, 0.5) is 4.79 Å². The van der Waals surface area contributed by atoms with Crippen molar-refractivity contribution in [2.75, 3.05) is 13.1 Å². The second-order valence-corrected chi connectivity index (χ2v) is 8.54. The van der Waals surface area contributed by atoms with Gasteiger partial charge >= 0.3 is 6.03 Å². The normalized spacial score (nSPS) is 20.6. The Morgan fingerprint density at radius 2 is 2.04 bits per heavy atom. The van der Waals surface area contributed by atoms with E-state index in [2.05, 4.69) is 23.5 Å². The number of benzene rings is 1. The van der Waals surface area contributed by atoms with Gasteiger partial charge in [-0.1, -0.05) is 12.1 Å². The molecule has 1 unspecified atom stereocenters. The fourth-order valence-electron chi connectivity index (χ4n) is 4.27. The summed E-state index contributed by atoms with van der Waals surface area (Å²) < 4.78 is 6.78. The third-order valence-corrected chi connectivity index (χ3v) is 6.99. The molecule has 3 heterocycles. The molecule has 0 saturated carbocycles. The zero-order valence-corrected chi connectivity index (χ0v) is 16.0. The predicted octanol–water partition coefficient (Wildman–Crippen LogP) is 4.86. The van der Waals surface area contributed by atoms with Crippen molar-refractivity contribution in [3.63, 3.8) is 0 Å². The molecule has 1 atom stereocenters. The lowest BCUT2D eigenvalue weighted by molar-refractivity contribution is 0.176. The van der Waals surface area contributed by atoms with Crippen molar-refractivity contribution >= 4 is 27.6 Å². The third-order valence-electron chi connectivity index (χ3n) is 5.79. The molecule has 2 aromatic heterocycles. The molecule has 2 aliphatic rings. The van der Waals surface area contributed by atoms with Crippen LogP contribution in [0.2, 0.25) is 0 Å². The first kappa shape index (κ1) is 16.8. The van der Waals surface area contributed by atoms with Crippen LogP contribution in [0.5, 0.6) is 0 Å². The first-order valence-corrected chi connectivity index (χ1v) is 10.6. The van der Waals surface area contributed by atoms with E-state index in [1.807, 2.05) is 17.0 Å². The number of nitrogens with zero attached hydrogens (tertiary/aromatic N) is 2. The number of carbonyl (C=O) groups is 1. The Labute approximate surface area is 162 Å². The molecule has 0 spiro atoms. The summed E-state index contributed by atoms with van der Waals surface area (Å²) in [5, 5.41) is 4.44. The van der Waals surface area contributed by atoms with E-state index in [0.29, 0.717) is 5.92 Å². The van der Waals surface area contributed by atoms with Gasteiger partial charge in [0, 0.05) is 31.0 Å². The molecule has 0 bridgehead atoms. The average molecular weight is 382 g/mol. The smallest absolute Gasteiger partial charge is 0.317 e. The number of thiazole rings is 1. The molecule has 1 N–H and O–H groups in total. The molecular formula is C21H23N3O2S. The number of carbonyl (C=O) groups excluding carboxylic acids is 1. The van der Waals surface area contributed by atoms with E-state index in [9.17, 15) is 4.79 Å². The lowest BCUT2D eigenvalue weighted by atomic mass is 9.93. The van der Waals surface area contributed by atoms with Gasteiger partial charge < -0.3 is 14.6 Å². The number of likely N-dealkylation sites (tertiary alicyclic amines) is 1. The minimum absolute atomic E-state index is 0.0526. The summed E-state index contributed by atoms with van der Waals surface area (Å²) in [5.74, 6) is 1.49. The molecule has 140 valence electrons. The average Bonchev–Trinajstić information content (AvgIpc) is 3.35. The van der Waals surface area contributed by atoms with Gasteiger partial charge in [-0.05, 0) is 43.9 Å². The van der Waals surface area contributed by atoms with Crippen LogP contribution in [0, 0.1) is 0 Å². The number of aryl methyl sites for hydroxylation is 1. The standard InChI is InChI=1S/C21H23N3O2S/c25-21(23-16-5-3-6-18-15(16)10-13-26-18)24-11-8-14(9-12-24)20-22-17-4-1-2-7-19(17)27-20/h1-2,4,7,10,13-14,16H,3,5-6,8-9,11-12H2,(H,23,25). The molecule has 3 aromatic rings. The Bertz CT molecular complexity index is 922. The van der Waals surface area contributed by atoms with Gasteiger partial charge in [0.25, 0.3) is 0 Å². The number of urea groups is 1. The summed E-state index contributed by atoms with van der Waals surface area (Å²) in [6, 6.07) is 10.4. The van der Waals surface area contributed by atoms with Crippen LogP contribution < -0.4 is 5.32 Å². The number of rotatable bonds is 2. The van der Waals surface area contributed by atoms with Crippen LogP contribution >= 0.6 is 11.3 Å². The monoisotopic (exact) mass is 381 g/mol. The Morgan fingerprint density at radius 3 is 2.89 bits per heavy atom. The molecule has 27 heavy (non-hydrogen) atoms. The van der Waals surface area contributed by atoms with E-state index in [4.69, 9.17) is 9.40 Å². The second-order valence-electron chi connectivity index (χ2n) is 7.47. The van der Waals surface area contributed by atoms with Gasteiger partial charge in [0.2, 0.25) is 0 Å². The van der Waals surface area contributed by atoms with Gasteiger partial charge in [0.05, 0.1) is 27.5 Å². The molecule has 2 amide bonds. The van der Waals surface area contributed by atoms with Gasteiger partial charge in [-0.3, -0.25) is 0 Å². The Hall–Kier alpha value is -2.34. The number of hydrogen-bond acceptors (Lipinski definition) is 4. The highest BCUT2D eigenvalue weighted by Gasteiger charge is 2.29. The molecular weight excluding hydrogens is 358 g/mol. The van der Waals surface area contributed by atoms with Crippen molar-refractivity contribution in [1.29, 1.82) is 0 Å². The molecule has 5 nitrogen and oxygen atoms in total. The molecule has 1 aliphatic heterocycles. The highest BCUT2D eigenvalue weighted by molar-refractivity contribution is 7.18. The van der Waals surface area contributed by atoms with Gasteiger partial charge in [-0.25, -0.2) is 9.78 Å². The van der Waals surface area contributed by atoms with Gasteiger partial charge in [-0.15, -0.1) is 11.3 Å². The zero-order chi connectivity index (χ0) is 18.2. The van der Waals surface area contributed by atoms with E-state index < -0.39 is 0 Å². The SMILES string of the molecule is O=C(NC1CCCc2occc21)N1CCC(c2nc3ccccc3s2)CC1. The Balaban J connectivity index is 1.21. The Kier molecular flexibility index (Phi) is 4.36. The maximum Gasteiger partial charge on any atom is 0.317 e. The van der Waals surface area contributed by atoms with Gasteiger partial charge in [-0.2, -0.15) is 0 Å². The van der Waals surface area contributed by atoms with Crippen molar-refractivity contribution < 1.29 is 9.21 Å². The van der Waals surface area contributed by atoms with Crippen molar-refractivity contribution in [1.82, 2.24) is 15.2 Å². The van der Waals surface area contributed by atoms with E-state index in [1.165, 1.54) is 9.71 Å². The summed E-state index contributed by atoms with van der Waals surface area (Å²) in [7, 11) is 0. The van der Waals surface area contributed by atoms with Gasteiger partial charge in [0.1, 0.15) is 5.76 Å². The summed E-state index contributed by atoms with van der Waals surface area (Å²) >= 11 is 1.79. The zero-order valence-electron chi connectivity index (χ0n) is 15.2. The molecule has 1 aliphatic carbocycles. The lowest BCUT2D eigenvalue weighted by Crippen LogP contribution is -2.45. The number of piperidine rings is 1. The largest absolute Gasteiger partial charge is 0.469 e. The van der Waals surface area contributed by atoms with E-state index in [1.54, 1.807) is 17.6 Å². The van der Waals surface area contributed by atoms with Crippen molar-refractivity contribution in [3.05, 3.63) is 52.9 Å². The van der Waals surface area contributed by atoms with Crippen LogP contribution in [0.3, 0.4) is 0 Å². The molecule has 0 radical (unpaired) electrons. The fraction of sp³-hybridized carbons (Fsp3) is 0.429. The van der Waals surface area contributed by atoms with Crippen LogP contribution in [-0.2, 0) is 6.42 Å². The number of aromatic nitrogens is 1. The fourth-order valence-corrected chi connectivity index (χ4v) is 5.41. The maximum atomic E-state index is 12.8. The van der Waals surface area contributed by atoms with Crippen molar-refractivity contribution in [2.45, 2.75) is 44.1 Å². The number of furan rings is 1. The summed E-state index contributed by atoms with van der Waals surface area (Å²) in [4.78, 5) is 19.5. The first-order valence-electron chi connectivity index (χ1n) is 9.75. The Morgan fingerprint density at radius 1 is 1.19 bits per heavy atom. The topological polar surface area (TPSA) is 58.4 Å². The maximum absolute atomic E-state index is 12.8. The summed E-state index contributed by atoms with van der Waals surface area (Å²) in [6.07, 6.45) is 6.72. The minimum Gasteiger partial charge on any atom is -0.469 e. The van der Waals surface area contributed by atoms with E-state index >= 15 is 0 Å². The highest BCUT2D eigenvalue weighted by atomic mass is 32.1. The van der Waals surface area contributed by atoms with E-state index in [-0.39, 0.29) is 12.1 Å². The van der Waals surface area contributed by atoms with Gasteiger partial charge in [0.15, 0.2) is 0 Å². The first-order chi connectivity index (χ1) is 13.3. The lowest BCUT2D eigenvalue weighted by Gasteiger charge is -2.33. The number of amides is 2. The third kappa shape index (κ3) is 3.23. The minimum atomic E-state index is 0.0526. The number of nitrogens with one attached hydrogen (secondary N) is 1. The number of para-hydroxylation sites is 1. The number of fused-ring (bicyclic) bond motifs is 2. The van der Waals surface area contributed by atoms with Crippen LogP contribution in [0.25, 0.3) is 10.2 Å². The molecule has 1 saturated heterocycles. The van der Waals surface area contributed by atoms with Crippen molar-refractivity contribution in [3.8, 4) is 0 Å². The van der Waals surface area contributed by atoms with Crippen LogP contribution in [0.1, 0.15) is 54.0 Å².